The molecule has 0 amide bonds. The second-order valence-corrected chi connectivity index (χ2v) is 6.25. The Morgan fingerprint density at radius 2 is 1.95 bits per heavy atom. The first-order chi connectivity index (χ1) is 10.0. The average molecular weight is 290 g/mol. The lowest BCUT2D eigenvalue weighted by molar-refractivity contribution is 0.0527. The molecule has 1 aromatic carbocycles. The van der Waals surface area contributed by atoms with Gasteiger partial charge in [-0.05, 0) is 50.2 Å². The molecular formula is C17H26N2O2. The van der Waals surface area contributed by atoms with Crippen molar-refractivity contribution >= 4 is 17.3 Å². The van der Waals surface area contributed by atoms with Crippen molar-refractivity contribution in [1.29, 1.82) is 0 Å². The van der Waals surface area contributed by atoms with E-state index in [1.165, 1.54) is 6.42 Å². The largest absolute Gasteiger partial charge is 0.462 e. The van der Waals surface area contributed by atoms with Gasteiger partial charge in [-0.2, -0.15) is 0 Å². The minimum absolute atomic E-state index is 0.355. The second kappa shape index (κ2) is 6.83. The quantitative estimate of drug-likeness (QED) is 0.656. The minimum atomic E-state index is -0.357. The van der Waals surface area contributed by atoms with E-state index in [1.807, 2.05) is 12.1 Å². The Morgan fingerprint density at radius 3 is 2.57 bits per heavy atom. The van der Waals surface area contributed by atoms with Crippen LogP contribution in [0.3, 0.4) is 0 Å². The number of hydrogen-bond acceptors (Lipinski definition) is 4. The molecule has 21 heavy (non-hydrogen) atoms. The highest BCUT2D eigenvalue weighted by atomic mass is 16.5. The normalized spacial score (nSPS) is 25.4. The fourth-order valence-electron chi connectivity index (χ4n) is 3.36. The summed E-state index contributed by atoms with van der Waals surface area (Å²) in [4.78, 5) is 11.9. The monoisotopic (exact) mass is 290 g/mol. The summed E-state index contributed by atoms with van der Waals surface area (Å²) in [5.74, 6) is 1.09. The summed E-state index contributed by atoms with van der Waals surface area (Å²) in [5.41, 5.74) is 7.91. The summed E-state index contributed by atoms with van der Waals surface area (Å²) in [6.45, 7) is 6.74. The van der Waals surface area contributed by atoms with Crippen LogP contribution in [0.15, 0.2) is 18.2 Å². The van der Waals surface area contributed by atoms with Crippen molar-refractivity contribution in [3.63, 3.8) is 0 Å². The molecule has 4 heteroatoms. The molecule has 0 spiro atoms. The Labute approximate surface area is 127 Å². The molecule has 0 heterocycles. The minimum Gasteiger partial charge on any atom is -0.462 e. The van der Waals surface area contributed by atoms with Gasteiger partial charge in [-0.25, -0.2) is 4.79 Å². The smallest absolute Gasteiger partial charge is 0.340 e. The van der Waals surface area contributed by atoms with E-state index in [4.69, 9.17) is 10.5 Å². The fraction of sp³-hybridized carbons (Fsp3) is 0.588. The van der Waals surface area contributed by atoms with E-state index in [9.17, 15) is 4.79 Å². The molecule has 0 radical (unpaired) electrons. The maximum absolute atomic E-state index is 11.9. The molecule has 1 aliphatic rings. The van der Waals surface area contributed by atoms with Crippen LogP contribution in [0.4, 0.5) is 11.4 Å². The third-order valence-electron chi connectivity index (χ3n) is 4.14. The molecule has 3 N–H and O–H groups in total. The zero-order chi connectivity index (χ0) is 15.4. The zero-order valence-electron chi connectivity index (χ0n) is 13.2. The van der Waals surface area contributed by atoms with Crippen molar-refractivity contribution in [3.05, 3.63) is 23.8 Å². The molecule has 1 aliphatic carbocycles. The number of nitrogens with two attached hydrogens (primary N) is 1. The lowest BCUT2D eigenvalue weighted by Gasteiger charge is -2.33. The first-order valence-electron chi connectivity index (χ1n) is 7.83. The summed E-state index contributed by atoms with van der Waals surface area (Å²) in [7, 11) is 0. The summed E-state index contributed by atoms with van der Waals surface area (Å²) < 4.78 is 5.04. The number of ether oxygens (including phenoxy) is 1. The Bertz CT molecular complexity index is 492. The van der Waals surface area contributed by atoms with Crippen molar-refractivity contribution in [2.45, 2.75) is 46.1 Å². The Hall–Kier alpha value is -1.71. The first kappa shape index (κ1) is 15.7. The Morgan fingerprint density at radius 1 is 1.29 bits per heavy atom. The van der Waals surface area contributed by atoms with Crippen LogP contribution in [0, 0.1) is 11.8 Å². The van der Waals surface area contributed by atoms with E-state index in [2.05, 4.69) is 19.2 Å². The third-order valence-corrected chi connectivity index (χ3v) is 4.14. The maximum Gasteiger partial charge on any atom is 0.340 e. The average Bonchev–Trinajstić information content (AvgIpc) is 2.40. The number of carbonyl (C=O) groups is 1. The summed E-state index contributed by atoms with van der Waals surface area (Å²) in [6.07, 6.45) is 3.58. The molecular weight excluding hydrogens is 264 g/mol. The number of anilines is 2. The van der Waals surface area contributed by atoms with Crippen LogP contribution in [-0.4, -0.2) is 18.6 Å². The van der Waals surface area contributed by atoms with Gasteiger partial charge in [0.15, 0.2) is 0 Å². The van der Waals surface area contributed by atoms with Crippen LogP contribution in [-0.2, 0) is 4.74 Å². The Kier molecular flexibility index (Phi) is 5.10. The van der Waals surface area contributed by atoms with Crippen LogP contribution >= 0.6 is 0 Å². The third kappa shape index (κ3) is 3.90. The van der Waals surface area contributed by atoms with E-state index in [0.29, 0.717) is 23.9 Å². The molecule has 4 nitrogen and oxygen atoms in total. The van der Waals surface area contributed by atoms with Crippen LogP contribution in [0.25, 0.3) is 0 Å². The van der Waals surface area contributed by atoms with Crippen LogP contribution in [0.1, 0.15) is 50.4 Å². The van der Waals surface area contributed by atoms with E-state index >= 15 is 0 Å². The van der Waals surface area contributed by atoms with Gasteiger partial charge < -0.3 is 15.8 Å². The lowest BCUT2D eigenvalue weighted by Crippen LogP contribution is -2.30. The van der Waals surface area contributed by atoms with Crippen molar-refractivity contribution in [1.82, 2.24) is 0 Å². The molecule has 0 aromatic heterocycles. The molecule has 1 aromatic rings. The topological polar surface area (TPSA) is 64.3 Å². The van der Waals surface area contributed by atoms with Gasteiger partial charge in [-0.3, -0.25) is 0 Å². The standard InChI is InChI=1S/C17H26N2O2/c1-4-21-17(20)14-6-5-7-15(16(14)18)19-13-9-11(2)8-12(3)10-13/h5-7,11-13,19H,4,8-10,18H2,1-3H3. The van der Waals surface area contributed by atoms with Crippen LogP contribution in [0.2, 0.25) is 0 Å². The molecule has 2 rings (SSSR count). The number of carbonyl (C=O) groups excluding carboxylic acids is 1. The van der Waals surface area contributed by atoms with E-state index in [-0.39, 0.29) is 5.97 Å². The van der Waals surface area contributed by atoms with Crippen molar-refractivity contribution in [2.75, 3.05) is 17.7 Å². The molecule has 0 bridgehead atoms. The highest BCUT2D eigenvalue weighted by molar-refractivity contribution is 5.98. The first-order valence-corrected chi connectivity index (χ1v) is 7.83. The van der Waals surface area contributed by atoms with Gasteiger partial charge in [-0.15, -0.1) is 0 Å². The molecule has 2 atom stereocenters. The van der Waals surface area contributed by atoms with Gasteiger partial charge in [-0.1, -0.05) is 19.9 Å². The number of esters is 1. The number of rotatable bonds is 4. The van der Waals surface area contributed by atoms with E-state index in [0.717, 1.165) is 30.4 Å². The molecule has 0 saturated heterocycles. The predicted octanol–water partition coefficient (Wildman–Crippen LogP) is 3.68. The number of nitrogens with one attached hydrogen (secondary N) is 1. The zero-order valence-corrected chi connectivity index (χ0v) is 13.2. The van der Waals surface area contributed by atoms with Gasteiger partial charge in [0, 0.05) is 6.04 Å². The molecule has 0 aliphatic heterocycles. The molecule has 116 valence electrons. The second-order valence-electron chi connectivity index (χ2n) is 6.25. The molecule has 2 unspecified atom stereocenters. The summed E-state index contributed by atoms with van der Waals surface area (Å²) in [6, 6.07) is 5.91. The van der Waals surface area contributed by atoms with Crippen molar-refractivity contribution in [3.8, 4) is 0 Å². The predicted molar refractivity (Wildman–Crippen MR) is 86.4 cm³/mol. The highest BCUT2D eigenvalue weighted by Gasteiger charge is 2.24. The van der Waals surface area contributed by atoms with Crippen LogP contribution < -0.4 is 11.1 Å². The maximum atomic E-state index is 11.9. The van der Waals surface area contributed by atoms with Crippen LogP contribution in [0.5, 0.6) is 0 Å². The summed E-state index contributed by atoms with van der Waals surface area (Å²) in [5, 5.41) is 3.51. The van der Waals surface area contributed by atoms with Gasteiger partial charge >= 0.3 is 5.97 Å². The van der Waals surface area contributed by atoms with E-state index < -0.39 is 0 Å². The van der Waals surface area contributed by atoms with Gasteiger partial charge in [0.25, 0.3) is 0 Å². The van der Waals surface area contributed by atoms with Crippen molar-refractivity contribution in [2.24, 2.45) is 11.8 Å². The number of nitrogen functional groups attached to an aromatic ring is 1. The van der Waals surface area contributed by atoms with Gasteiger partial charge in [0.1, 0.15) is 0 Å². The fourth-order valence-corrected chi connectivity index (χ4v) is 3.36. The highest BCUT2D eigenvalue weighted by Crippen LogP contribution is 2.32. The molecule has 1 saturated carbocycles. The SMILES string of the molecule is CCOC(=O)c1cccc(NC2CC(C)CC(C)C2)c1N. The van der Waals surface area contributed by atoms with Gasteiger partial charge in [0.2, 0.25) is 0 Å². The summed E-state index contributed by atoms with van der Waals surface area (Å²) >= 11 is 0. The van der Waals surface area contributed by atoms with Gasteiger partial charge in [0.05, 0.1) is 23.5 Å². The molecule has 1 fully saturated rings. The number of hydrogen-bond donors (Lipinski definition) is 2. The number of benzene rings is 1. The van der Waals surface area contributed by atoms with Crippen molar-refractivity contribution < 1.29 is 9.53 Å². The lowest BCUT2D eigenvalue weighted by atomic mass is 9.80. The number of para-hydroxylation sites is 1. The Balaban J connectivity index is 2.13. The van der Waals surface area contributed by atoms with E-state index in [1.54, 1.807) is 13.0 Å².